The maximum absolute atomic E-state index is 13.9. The summed E-state index contributed by atoms with van der Waals surface area (Å²) in [5.74, 6) is -5.67. The van der Waals surface area contributed by atoms with Gasteiger partial charge in [0.15, 0.2) is 11.4 Å². The lowest BCUT2D eigenvalue weighted by Crippen LogP contribution is -2.63. The van der Waals surface area contributed by atoms with E-state index in [1.807, 2.05) is 26.8 Å². The van der Waals surface area contributed by atoms with Gasteiger partial charge in [-0.2, -0.15) is 0 Å². The molecule has 0 saturated carbocycles. The molecule has 1 amide bonds. The number of hydrogen-bond donors (Lipinski definition) is 6. The number of aliphatic hydroxyl groups excluding tert-OH is 2. The zero-order chi connectivity index (χ0) is 30.2. The maximum Gasteiger partial charge on any atom is 0.255 e. The first-order chi connectivity index (χ1) is 19.1. The molecule has 4 atom stereocenters. The molecule has 1 heterocycles. The fourth-order valence-corrected chi connectivity index (χ4v) is 6.45. The molecule has 11 nitrogen and oxygen atoms in total. The van der Waals surface area contributed by atoms with E-state index in [1.165, 1.54) is 11.0 Å². The van der Waals surface area contributed by atoms with Crippen LogP contribution in [0.25, 0.3) is 11.3 Å². The molecule has 0 radical (unpaired) electrons. The highest BCUT2D eigenvalue weighted by molar-refractivity contribution is 6.24. The van der Waals surface area contributed by atoms with Crippen LogP contribution in [-0.4, -0.2) is 74.1 Å². The Bertz CT molecular complexity index is 1540. The summed E-state index contributed by atoms with van der Waals surface area (Å²) in [6, 6.07) is 5.59. The number of nitrogens with one attached hydrogen (secondary N) is 1. The first kappa shape index (κ1) is 28.6. The Balaban J connectivity index is 1.62. The summed E-state index contributed by atoms with van der Waals surface area (Å²) in [6.45, 7) is 6.59. The Morgan fingerprint density at radius 1 is 1.15 bits per heavy atom. The molecule has 1 aromatic carbocycles. The van der Waals surface area contributed by atoms with E-state index < -0.39 is 58.0 Å². The molecule has 2 aromatic rings. The van der Waals surface area contributed by atoms with Crippen molar-refractivity contribution < 1.29 is 39.2 Å². The highest BCUT2D eigenvalue weighted by Crippen LogP contribution is 2.53. The second-order valence-electron chi connectivity index (χ2n) is 12.3. The van der Waals surface area contributed by atoms with E-state index in [4.69, 9.17) is 10.2 Å². The van der Waals surface area contributed by atoms with Gasteiger partial charge in [0, 0.05) is 22.6 Å². The first-order valence-corrected chi connectivity index (χ1v) is 13.4. The van der Waals surface area contributed by atoms with Gasteiger partial charge in [-0.3, -0.25) is 19.3 Å². The molecule has 3 aliphatic carbocycles. The summed E-state index contributed by atoms with van der Waals surface area (Å²) in [4.78, 5) is 40.9. The Morgan fingerprint density at radius 2 is 1.83 bits per heavy atom. The first-order valence-electron chi connectivity index (χ1n) is 13.4. The summed E-state index contributed by atoms with van der Waals surface area (Å²) in [5, 5.41) is 48.2. The molecule has 41 heavy (non-hydrogen) atoms. The Hall–Kier alpha value is -3.93. The number of phenols is 1. The van der Waals surface area contributed by atoms with Crippen molar-refractivity contribution in [3.8, 4) is 17.1 Å². The fraction of sp³-hybridized carbons (Fsp3) is 0.433. The van der Waals surface area contributed by atoms with Gasteiger partial charge in [0.05, 0.1) is 18.2 Å². The van der Waals surface area contributed by atoms with Gasteiger partial charge in [-0.05, 0) is 83.5 Å². The number of benzene rings is 1. The lowest BCUT2D eigenvalue weighted by atomic mass is 9.58. The summed E-state index contributed by atoms with van der Waals surface area (Å²) < 4.78 is 6.09. The van der Waals surface area contributed by atoms with Crippen LogP contribution >= 0.6 is 0 Å². The van der Waals surface area contributed by atoms with Gasteiger partial charge in [0.25, 0.3) is 5.91 Å². The number of fused-ring (bicyclic) bond motifs is 3. The average molecular weight is 566 g/mol. The van der Waals surface area contributed by atoms with Crippen LogP contribution in [0.5, 0.6) is 5.75 Å². The zero-order valence-electron chi connectivity index (χ0n) is 23.6. The van der Waals surface area contributed by atoms with Crippen LogP contribution in [0.1, 0.15) is 48.9 Å². The number of furan rings is 1. The number of aliphatic hydroxyl groups is 3. The largest absolute Gasteiger partial charge is 0.510 e. The van der Waals surface area contributed by atoms with E-state index in [9.17, 15) is 34.8 Å². The number of nitrogens with two attached hydrogens (primary N) is 1. The minimum absolute atomic E-state index is 0.0137. The normalized spacial score (nSPS) is 26.3. The van der Waals surface area contributed by atoms with Crippen LogP contribution in [0.4, 0.5) is 0 Å². The van der Waals surface area contributed by atoms with Crippen molar-refractivity contribution >= 4 is 17.5 Å². The zero-order valence-corrected chi connectivity index (χ0v) is 23.6. The molecule has 5 rings (SSSR count). The monoisotopic (exact) mass is 565 g/mol. The maximum atomic E-state index is 13.9. The van der Waals surface area contributed by atoms with Crippen molar-refractivity contribution in [1.29, 1.82) is 0 Å². The molecule has 0 saturated heterocycles. The number of likely N-dealkylation sites (N-methyl/N-ethyl adjacent to an activating group) is 1. The minimum atomic E-state index is -2.67. The molecule has 0 spiro atoms. The quantitative estimate of drug-likeness (QED) is 0.294. The van der Waals surface area contributed by atoms with Crippen molar-refractivity contribution in [3.63, 3.8) is 0 Å². The lowest BCUT2D eigenvalue weighted by molar-refractivity contribution is -0.148. The van der Waals surface area contributed by atoms with Gasteiger partial charge < -0.3 is 35.9 Å². The molecule has 0 fully saturated rings. The second kappa shape index (κ2) is 9.57. The van der Waals surface area contributed by atoms with Crippen LogP contribution in [0.2, 0.25) is 0 Å². The molecule has 218 valence electrons. The van der Waals surface area contributed by atoms with Crippen molar-refractivity contribution in [3.05, 3.63) is 63.8 Å². The van der Waals surface area contributed by atoms with Crippen molar-refractivity contribution in [2.75, 3.05) is 14.1 Å². The predicted molar refractivity (Wildman–Crippen MR) is 148 cm³/mol. The number of carbonyl (C=O) groups excluding carboxylic acids is 3. The summed E-state index contributed by atoms with van der Waals surface area (Å²) in [6.07, 6.45) is 0.189. The number of hydrogen-bond acceptors (Lipinski definition) is 10. The molecule has 3 aliphatic rings. The molecule has 0 unspecified atom stereocenters. The van der Waals surface area contributed by atoms with E-state index in [0.29, 0.717) is 29.2 Å². The van der Waals surface area contributed by atoms with E-state index in [-0.39, 0.29) is 35.3 Å². The van der Waals surface area contributed by atoms with Gasteiger partial charge in [0.1, 0.15) is 34.4 Å². The van der Waals surface area contributed by atoms with Crippen LogP contribution in [0.3, 0.4) is 0 Å². The fourth-order valence-electron chi connectivity index (χ4n) is 6.45. The molecule has 0 bridgehead atoms. The number of Topliss-reactive ketones (excluding diaryl/α,β-unsaturated/α-hetero) is 2. The number of phenolic OH excluding ortho intramolecular Hbond substituents is 1. The van der Waals surface area contributed by atoms with Gasteiger partial charge in [0.2, 0.25) is 5.78 Å². The average Bonchev–Trinajstić information content (AvgIpc) is 3.33. The van der Waals surface area contributed by atoms with Crippen LogP contribution < -0.4 is 11.1 Å². The number of nitrogens with zero attached hydrogens (tertiary/aromatic N) is 1. The van der Waals surface area contributed by atoms with Gasteiger partial charge >= 0.3 is 0 Å². The minimum Gasteiger partial charge on any atom is -0.510 e. The number of amides is 1. The SMILES string of the molecule is CN(C)[C@@H]1C(O)=C(C(N)=O)C(=O)[C@@]2(O)C(O)=C3C(=O)c4c(O)ccc(-c5ccc(CNC(C)(C)C)o5)c4C[C@H]3C[C@@H]12. The molecular weight excluding hydrogens is 530 g/mol. The number of rotatable bonds is 5. The lowest BCUT2D eigenvalue weighted by Gasteiger charge is -2.50. The van der Waals surface area contributed by atoms with Crippen molar-refractivity contribution in [2.45, 2.75) is 57.3 Å². The summed E-state index contributed by atoms with van der Waals surface area (Å²) in [7, 11) is 3.18. The highest BCUT2D eigenvalue weighted by Gasteiger charge is 2.63. The third-order valence-electron chi connectivity index (χ3n) is 8.33. The predicted octanol–water partition coefficient (Wildman–Crippen LogP) is 2.27. The topological polar surface area (TPSA) is 187 Å². The molecule has 0 aliphatic heterocycles. The van der Waals surface area contributed by atoms with Gasteiger partial charge in [-0.1, -0.05) is 0 Å². The Labute approximate surface area is 236 Å². The van der Waals surface area contributed by atoms with Crippen LogP contribution in [0, 0.1) is 11.8 Å². The molecule has 1 aromatic heterocycles. The Kier molecular flexibility index (Phi) is 6.68. The van der Waals surface area contributed by atoms with E-state index >= 15 is 0 Å². The van der Waals surface area contributed by atoms with E-state index in [1.54, 1.807) is 26.2 Å². The number of allylic oxidation sites excluding steroid dienone is 1. The van der Waals surface area contributed by atoms with E-state index in [0.717, 1.165) is 0 Å². The number of carbonyl (C=O) groups is 3. The van der Waals surface area contributed by atoms with Gasteiger partial charge in [-0.25, -0.2) is 0 Å². The standard InChI is InChI=1S/C30H35N3O8/c1-29(2,3)32-12-14-6-9-19(41-14)15-7-8-18(34)21-16(15)10-13-11-17-23(33(4)5)25(36)22(28(31)39)27(38)30(17,40)26(37)20(13)24(21)35/h6-9,13,17,23,32,34,36-37,40H,10-12H2,1-5H3,(H2,31,39)/t13-,17-,23-,30-/m0/s1. The number of primary amides is 1. The van der Waals surface area contributed by atoms with Crippen molar-refractivity contribution in [2.24, 2.45) is 17.6 Å². The van der Waals surface area contributed by atoms with Crippen LogP contribution in [-0.2, 0) is 22.6 Å². The van der Waals surface area contributed by atoms with Crippen LogP contribution in [0.15, 0.2) is 51.3 Å². The molecular formula is C30H35N3O8. The number of ketones is 2. The summed E-state index contributed by atoms with van der Waals surface area (Å²) >= 11 is 0. The third kappa shape index (κ3) is 4.35. The second-order valence-corrected chi connectivity index (χ2v) is 12.3. The Morgan fingerprint density at radius 3 is 2.44 bits per heavy atom. The van der Waals surface area contributed by atoms with E-state index in [2.05, 4.69) is 5.32 Å². The molecule has 11 heteroatoms. The van der Waals surface area contributed by atoms with Crippen molar-refractivity contribution in [1.82, 2.24) is 10.2 Å². The molecule has 7 N–H and O–H groups in total. The highest BCUT2D eigenvalue weighted by atomic mass is 16.4. The smallest absolute Gasteiger partial charge is 0.255 e. The number of aromatic hydroxyl groups is 1. The summed E-state index contributed by atoms with van der Waals surface area (Å²) in [5.41, 5.74) is 2.58. The van der Waals surface area contributed by atoms with Gasteiger partial charge in [-0.15, -0.1) is 0 Å². The third-order valence-corrected chi connectivity index (χ3v) is 8.33.